The predicted molar refractivity (Wildman–Crippen MR) is 97.0 cm³/mol. The van der Waals surface area contributed by atoms with Crippen molar-refractivity contribution in [3.8, 4) is 0 Å². The summed E-state index contributed by atoms with van der Waals surface area (Å²) >= 11 is 12.2. The molecule has 0 radical (unpaired) electrons. The molecule has 1 heterocycles. The zero-order valence-electron chi connectivity index (χ0n) is 13.7. The molecule has 0 saturated carbocycles. The minimum atomic E-state index is 0.351. The highest BCUT2D eigenvalue weighted by atomic mass is 35.5. The van der Waals surface area contributed by atoms with Gasteiger partial charge in [-0.1, -0.05) is 49.0 Å². The van der Waals surface area contributed by atoms with E-state index in [1.165, 1.54) is 57.3 Å². The fourth-order valence-corrected chi connectivity index (χ4v) is 3.84. The van der Waals surface area contributed by atoms with Crippen LogP contribution in [0.5, 0.6) is 0 Å². The van der Waals surface area contributed by atoms with Crippen LogP contribution in [0, 0.1) is 5.92 Å². The number of halogens is 2. The molecule has 2 unspecified atom stereocenters. The van der Waals surface area contributed by atoms with Crippen molar-refractivity contribution in [2.45, 2.75) is 45.1 Å². The maximum Gasteiger partial charge on any atom is 0.0595 e. The van der Waals surface area contributed by atoms with Crippen LogP contribution in [0.25, 0.3) is 0 Å². The van der Waals surface area contributed by atoms with Gasteiger partial charge < -0.3 is 10.2 Å². The quantitative estimate of drug-likeness (QED) is 0.688. The second-order valence-electron chi connectivity index (χ2n) is 6.35. The molecular weight excluding hydrogens is 315 g/mol. The van der Waals surface area contributed by atoms with Gasteiger partial charge in [-0.3, -0.25) is 0 Å². The Morgan fingerprint density at radius 3 is 2.77 bits per heavy atom. The molecule has 4 heteroatoms. The Bertz CT molecular complexity index is 464. The van der Waals surface area contributed by atoms with Gasteiger partial charge in [0, 0.05) is 12.6 Å². The third-order valence-electron chi connectivity index (χ3n) is 4.71. The van der Waals surface area contributed by atoms with Crippen LogP contribution in [-0.4, -0.2) is 31.6 Å². The lowest BCUT2D eigenvalue weighted by molar-refractivity contribution is 0.147. The average Bonchev–Trinajstić information content (AvgIpc) is 2.52. The van der Waals surface area contributed by atoms with Gasteiger partial charge in [-0.05, 0) is 63.0 Å². The molecule has 22 heavy (non-hydrogen) atoms. The number of nitrogens with one attached hydrogen (secondary N) is 1. The normalized spacial score (nSPS) is 21.0. The van der Waals surface area contributed by atoms with Crippen LogP contribution in [0.2, 0.25) is 10.0 Å². The third kappa shape index (κ3) is 4.86. The third-order valence-corrected chi connectivity index (χ3v) is 5.44. The van der Waals surface area contributed by atoms with Gasteiger partial charge in [0.25, 0.3) is 0 Å². The van der Waals surface area contributed by atoms with Crippen molar-refractivity contribution in [1.82, 2.24) is 10.2 Å². The van der Waals surface area contributed by atoms with Crippen molar-refractivity contribution >= 4 is 23.2 Å². The van der Waals surface area contributed by atoms with Crippen LogP contribution in [0.1, 0.15) is 50.6 Å². The van der Waals surface area contributed by atoms with E-state index in [0.717, 1.165) is 0 Å². The monoisotopic (exact) mass is 342 g/mol. The summed E-state index contributed by atoms with van der Waals surface area (Å²) in [6.07, 6.45) is 6.51. The van der Waals surface area contributed by atoms with E-state index in [-0.39, 0.29) is 0 Å². The Labute approximate surface area is 145 Å². The minimum Gasteiger partial charge on any atom is -0.313 e. The Kier molecular flexibility index (Phi) is 7.49. The molecule has 2 rings (SSSR count). The lowest BCUT2D eigenvalue weighted by atomic mass is 9.86. The molecule has 1 aliphatic heterocycles. The second-order valence-corrected chi connectivity index (χ2v) is 7.16. The largest absolute Gasteiger partial charge is 0.313 e. The lowest BCUT2D eigenvalue weighted by Crippen LogP contribution is -2.41. The van der Waals surface area contributed by atoms with Gasteiger partial charge in [-0.15, -0.1) is 0 Å². The molecule has 1 saturated heterocycles. The molecule has 2 atom stereocenters. The van der Waals surface area contributed by atoms with E-state index in [9.17, 15) is 0 Å². The predicted octanol–water partition coefficient (Wildman–Crippen LogP) is 5.16. The summed E-state index contributed by atoms with van der Waals surface area (Å²) in [6.45, 7) is 5.93. The molecule has 0 spiro atoms. The first-order chi connectivity index (χ1) is 10.7. The first kappa shape index (κ1) is 18.1. The van der Waals surface area contributed by atoms with E-state index in [0.29, 0.717) is 22.0 Å². The van der Waals surface area contributed by atoms with Crippen LogP contribution < -0.4 is 5.32 Å². The Balaban J connectivity index is 2.01. The highest BCUT2D eigenvalue weighted by Gasteiger charge is 2.27. The molecule has 0 amide bonds. The first-order valence-electron chi connectivity index (χ1n) is 8.50. The summed E-state index contributed by atoms with van der Waals surface area (Å²) in [5.41, 5.74) is 1.25. The van der Waals surface area contributed by atoms with Gasteiger partial charge in [0.15, 0.2) is 0 Å². The van der Waals surface area contributed by atoms with Crippen LogP contribution in [0.3, 0.4) is 0 Å². The summed E-state index contributed by atoms with van der Waals surface area (Å²) in [7, 11) is 2.04. The van der Waals surface area contributed by atoms with Crippen LogP contribution >= 0.6 is 23.2 Å². The number of hydrogen-bond acceptors (Lipinski definition) is 2. The molecular formula is C18H28Cl2N2. The Morgan fingerprint density at radius 2 is 2.09 bits per heavy atom. The van der Waals surface area contributed by atoms with Crippen molar-refractivity contribution in [3.05, 3.63) is 33.8 Å². The van der Waals surface area contributed by atoms with Gasteiger partial charge >= 0.3 is 0 Å². The van der Waals surface area contributed by atoms with Gasteiger partial charge in [-0.2, -0.15) is 0 Å². The van der Waals surface area contributed by atoms with Crippen molar-refractivity contribution < 1.29 is 0 Å². The smallest absolute Gasteiger partial charge is 0.0595 e. The zero-order valence-corrected chi connectivity index (χ0v) is 15.3. The number of unbranched alkanes of at least 4 members (excludes halogenated alkanes) is 2. The molecule has 0 bridgehead atoms. The van der Waals surface area contributed by atoms with Crippen molar-refractivity contribution in [3.63, 3.8) is 0 Å². The summed E-state index contributed by atoms with van der Waals surface area (Å²) in [4.78, 5) is 2.63. The molecule has 124 valence electrons. The highest BCUT2D eigenvalue weighted by Crippen LogP contribution is 2.33. The number of benzene rings is 1. The average molecular weight is 343 g/mol. The zero-order chi connectivity index (χ0) is 15.9. The summed E-state index contributed by atoms with van der Waals surface area (Å²) < 4.78 is 0. The van der Waals surface area contributed by atoms with E-state index in [1.54, 1.807) is 0 Å². The maximum atomic E-state index is 6.20. The van der Waals surface area contributed by atoms with Crippen molar-refractivity contribution in [2.24, 2.45) is 5.92 Å². The van der Waals surface area contributed by atoms with E-state index in [2.05, 4.69) is 23.2 Å². The fourth-order valence-electron chi connectivity index (χ4n) is 3.53. The highest BCUT2D eigenvalue weighted by molar-refractivity contribution is 6.42. The number of hydrogen-bond donors (Lipinski definition) is 1. The topological polar surface area (TPSA) is 15.3 Å². The summed E-state index contributed by atoms with van der Waals surface area (Å²) in [5, 5.41) is 4.77. The number of likely N-dealkylation sites (tertiary alicyclic amines) is 1. The van der Waals surface area contributed by atoms with E-state index in [4.69, 9.17) is 23.2 Å². The fraction of sp³-hybridized carbons (Fsp3) is 0.667. The minimum absolute atomic E-state index is 0.351. The summed E-state index contributed by atoms with van der Waals surface area (Å²) in [5.74, 6) is 0.637. The molecule has 1 aliphatic rings. The Hall–Kier alpha value is -0.280. The van der Waals surface area contributed by atoms with Crippen molar-refractivity contribution in [1.29, 1.82) is 0 Å². The van der Waals surface area contributed by atoms with E-state index < -0.39 is 0 Å². The van der Waals surface area contributed by atoms with Crippen molar-refractivity contribution in [2.75, 3.05) is 26.7 Å². The molecule has 1 aromatic rings. The molecule has 1 aromatic carbocycles. The molecule has 2 nitrogen and oxygen atoms in total. The SMILES string of the molecule is CCCCCN1CCCC(C(NC)c2ccc(Cl)c(Cl)c2)C1. The number of rotatable bonds is 7. The van der Waals surface area contributed by atoms with E-state index >= 15 is 0 Å². The Morgan fingerprint density at radius 1 is 1.27 bits per heavy atom. The number of piperidine rings is 1. The van der Waals surface area contributed by atoms with Gasteiger partial charge in [-0.25, -0.2) is 0 Å². The van der Waals surface area contributed by atoms with Gasteiger partial charge in [0.1, 0.15) is 0 Å². The maximum absolute atomic E-state index is 6.20. The van der Waals surface area contributed by atoms with Crippen LogP contribution in [0.4, 0.5) is 0 Å². The first-order valence-corrected chi connectivity index (χ1v) is 9.25. The molecule has 0 aliphatic carbocycles. The summed E-state index contributed by atoms with van der Waals surface area (Å²) in [6, 6.07) is 6.38. The van der Waals surface area contributed by atoms with E-state index in [1.807, 2.05) is 19.2 Å². The molecule has 1 fully saturated rings. The van der Waals surface area contributed by atoms with Crippen LogP contribution in [-0.2, 0) is 0 Å². The van der Waals surface area contributed by atoms with Gasteiger partial charge in [0.2, 0.25) is 0 Å². The standard InChI is InChI=1S/C18H28Cl2N2/c1-3-4-5-10-22-11-6-7-15(13-22)18(21-2)14-8-9-16(19)17(20)12-14/h8-9,12,15,18,21H,3-7,10-11,13H2,1-2H3. The molecule has 1 N–H and O–H groups in total. The van der Waals surface area contributed by atoms with Crippen LogP contribution in [0.15, 0.2) is 18.2 Å². The lowest BCUT2D eigenvalue weighted by Gasteiger charge is -2.37. The number of nitrogens with zero attached hydrogens (tertiary/aromatic N) is 1. The second kappa shape index (κ2) is 9.12. The molecule has 0 aromatic heterocycles. The van der Waals surface area contributed by atoms with Gasteiger partial charge in [0.05, 0.1) is 10.0 Å².